The standard InChI is InChI=1S/C18H28ClNO/c1-17(2,3)11-14(18(4,5)6)12-20-16(21)13-7-9-15(19)10-8-13/h7-10,14H,11-12H2,1-6H3,(H,20,21). The lowest BCUT2D eigenvalue weighted by molar-refractivity contribution is 0.0915. The van der Waals surface area contributed by atoms with Crippen molar-refractivity contribution < 1.29 is 4.79 Å². The van der Waals surface area contributed by atoms with Crippen LogP contribution < -0.4 is 5.32 Å². The van der Waals surface area contributed by atoms with Crippen LogP contribution in [0.25, 0.3) is 0 Å². The number of carbonyl (C=O) groups is 1. The Hall–Kier alpha value is -1.02. The summed E-state index contributed by atoms with van der Waals surface area (Å²) in [6.07, 6.45) is 1.08. The molecule has 0 fully saturated rings. The molecule has 1 unspecified atom stereocenters. The van der Waals surface area contributed by atoms with Crippen molar-refractivity contribution in [2.24, 2.45) is 16.7 Å². The van der Waals surface area contributed by atoms with Gasteiger partial charge in [0.1, 0.15) is 0 Å². The van der Waals surface area contributed by atoms with E-state index in [9.17, 15) is 4.79 Å². The maximum Gasteiger partial charge on any atom is 0.251 e. The molecule has 0 aliphatic carbocycles. The van der Waals surface area contributed by atoms with Gasteiger partial charge in [0.15, 0.2) is 0 Å². The Kier molecular flexibility index (Phi) is 5.86. The number of hydrogen-bond donors (Lipinski definition) is 1. The SMILES string of the molecule is CC(C)(C)CC(CNC(=O)c1ccc(Cl)cc1)C(C)(C)C. The van der Waals surface area contributed by atoms with Crippen LogP contribution in [-0.4, -0.2) is 12.5 Å². The van der Waals surface area contributed by atoms with Crippen molar-refractivity contribution in [2.75, 3.05) is 6.54 Å². The third-order valence-corrected chi connectivity index (χ3v) is 3.95. The van der Waals surface area contributed by atoms with Crippen LogP contribution in [0.1, 0.15) is 58.3 Å². The number of nitrogens with one attached hydrogen (secondary N) is 1. The van der Waals surface area contributed by atoms with Crippen LogP contribution in [0.3, 0.4) is 0 Å². The van der Waals surface area contributed by atoms with E-state index in [0.717, 1.165) is 6.42 Å². The maximum absolute atomic E-state index is 12.2. The summed E-state index contributed by atoms with van der Waals surface area (Å²) in [5.41, 5.74) is 1.08. The van der Waals surface area contributed by atoms with Gasteiger partial charge >= 0.3 is 0 Å². The van der Waals surface area contributed by atoms with Crippen molar-refractivity contribution in [3.05, 3.63) is 34.9 Å². The van der Waals surface area contributed by atoms with Crippen LogP contribution in [0.4, 0.5) is 0 Å². The van der Waals surface area contributed by atoms with Crippen molar-refractivity contribution >= 4 is 17.5 Å². The van der Waals surface area contributed by atoms with Crippen LogP contribution in [-0.2, 0) is 0 Å². The van der Waals surface area contributed by atoms with Gasteiger partial charge in [-0.2, -0.15) is 0 Å². The first-order chi connectivity index (χ1) is 9.49. The summed E-state index contributed by atoms with van der Waals surface area (Å²) in [5.74, 6) is 0.406. The van der Waals surface area contributed by atoms with Gasteiger partial charge in [0, 0.05) is 17.1 Å². The van der Waals surface area contributed by atoms with Gasteiger partial charge in [0.05, 0.1) is 0 Å². The Morgan fingerprint density at radius 3 is 2.05 bits per heavy atom. The molecule has 0 aromatic heterocycles. The largest absolute Gasteiger partial charge is 0.352 e. The van der Waals surface area contributed by atoms with E-state index < -0.39 is 0 Å². The van der Waals surface area contributed by atoms with Crippen LogP contribution in [0.5, 0.6) is 0 Å². The molecule has 0 saturated carbocycles. The van der Waals surface area contributed by atoms with Crippen LogP contribution in [0.2, 0.25) is 5.02 Å². The molecule has 2 nitrogen and oxygen atoms in total. The van der Waals surface area contributed by atoms with E-state index in [-0.39, 0.29) is 16.7 Å². The first kappa shape index (κ1) is 18.0. The predicted octanol–water partition coefficient (Wildman–Crippen LogP) is 5.17. The van der Waals surface area contributed by atoms with Gasteiger partial charge in [0.2, 0.25) is 0 Å². The molecular weight excluding hydrogens is 282 g/mol. The molecule has 1 atom stereocenters. The molecule has 1 N–H and O–H groups in total. The van der Waals surface area contributed by atoms with Crippen molar-refractivity contribution in [1.29, 1.82) is 0 Å². The summed E-state index contributed by atoms with van der Waals surface area (Å²) < 4.78 is 0. The minimum absolute atomic E-state index is 0.0326. The fraction of sp³-hybridized carbons (Fsp3) is 0.611. The Balaban J connectivity index is 2.68. The van der Waals surface area contributed by atoms with Gasteiger partial charge in [-0.05, 0) is 47.4 Å². The molecule has 0 saturated heterocycles. The highest BCUT2D eigenvalue weighted by atomic mass is 35.5. The summed E-state index contributed by atoms with van der Waals surface area (Å²) in [7, 11) is 0. The molecule has 1 amide bonds. The lowest BCUT2D eigenvalue weighted by atomic mass is 9.72. The quantitative estimate of drug-likeness (QED) is 0.817. The zero-order valence-electron chi connectivity index (χ0n) is 14.1. The summed E-state index contributed by atoms with van der Waals surface area (Å²) >= 11 is 5.84. The lowest BCUT2D eigenvalue weighted by Crippen LogP contribution is -2.37. The average Bonchev–Trinajstić information content (AvgIpc) is 2.32. The third kappa shape index (κ3) is 6.52. The molecule has 1 aromatic rings. The summed E-state index contributed by atoms with van der Waals surface area (Å²) in [4.78, 5) is 12.2. The molecule has 3 heteroatoms. The fourth-order valence-corrected chi connectivity index (χ4v) is 2.47. The molecule has 0 spiro atoms. The highest BCUT2D eigenvalue weighted by Gasteiger charge is 2.29. The van der Waals surface area contributed by atoms with Gasteiger partial charge in [-0.1, -0.05) is 53.1 Å². The molecule has 1 aromatic carbocycles. The molecular formula is C18H28ClNO. The van der Waals surface area contributed by atoms with Crippen molar-refractivity contribution in [1.82, 2.24) is 5.32 Å². The zero-order valence-corrected chi connectivity index (χ0v) is 14.8. The maximum atomic E-state index is 12.2. The summed E-state index contributed by atoms with van der Waals surface area (Å²) in [5, 5.41) is 3.71. The van der Waals surface area contributed by atoms with E-state index in [0.29, 0.717) is 23.0 Å². The van der Waals surface area contributed by atoms with Crippen LogP contribution in [0, 0.1) is 16.7 Å². The van der Waals surface area contributed by atoms with Crippen LogP contribution >= 0.6 is 11.6 Å². The zero-order chi connectivity index (χ0) is 16.3. The summed E-state index contributed by atoms with van der Waals surface area (Å²) in [6.45, 7) is 14.1. The number of carbonyl (C=O) groups excluding carboxylic acids is 1. The average molecular weight is 310 g/mol. The van der Waals surface area contributed by atoms with E-state index in [1.165, 1.54) is 0 Å². The molecule has 0 heterocycles. The van der Waals surface area contributed by atoms with E-state index >= 15 is 0 Å². The minimum Gasteiger partial charge on any atom is -0.352 e. The van der Waals surface area contributed by atoms with Gasteiger partial charge in [-0.3, -0.25) is 4.79 Å². The van der Waals surface area contributed by atoms with Gasteiger partial charge in [0.25, 0.3) is 5.91 Å². The Morgan fingerprint density at radius 1 is 1.10 bits per heavy atom. The molecule has 118 valence electrons. The van der Waals surface area contributed by atoms with Gasteiger partial charge in [-0.15, -0.1) is 0 Å². The predicted molar refractivity (Wildman–Crippen MR) is 90.8 cm³/mol. The molecule has 0 aliphatic rings. The van der Waals surface area contributed by atoms with Crippen molar-refractivity contribution in [3.8, 4) is 0 Å². The van der Waals surface area contributed by atoms with E-state index in [2.05, 4.69) is 46.9 Å². The Morgan fingerprint density at radius 2 is 1.62 bits per heavy atom. The molecule has 0 aliphatic heterocycles. The molecule has 0 bridgehead atoms. The highest BCUT2D eigenvalue weighted by Crippen LogP contribution is 2.35. The first-order valence-corrected chi connectivity index (χ1v) is 7.90. The molecule has 1 rings (SSSR count). The number of benzene rings is 1. The minimum atomic E-state index is -0.0326. The highest BCUT2D eigenvalue weighted by molar-refractivity contribution is 6.30. The Labute approximate surface area is 134 Å². The number of amides is 1. The van der Waals surface area contributed by atoms with Crippen molar-refractivity contribution in [2.45, 2.75) is 48.0 Å². The number of hydrogen-bond acceptors (Lipinski definition) is 1. The van der Waals surface area contributed by atoms with Crippen LogP contribution in [0.15, 0.2) is 24.3 Å². The lowest BCUT2D eigenvalue weighted by Gasteiger charge is -2.35. The second-order valence-electron chi connectivity index (χ2n) is 8.04. The Bertz CT molecular complexity index is 465. The smallest absolute Gasteiger partial charge is 0.251 e. The van der Waals surface area contributed by atoms with Gasteiger partial charge in [-0.25, -0.2) is 0 Å². The van der Waals surface area contributed by atoms with Crippen molar-refractivity contribution in [3.63, 3.8) is 0 Å². The number of halogens is 1. The monoisotopic (exact) mass is 309 g/mol. The first-order valence-electron chi connectivity index (χ1n) is 7.53. The van der Waals surface area contributed by atoms with Gasteiger partial charge < -0.3 is 5.32 Å². The number of rotatable bonds is 4. The van der Waals surface area contributed by atoms with E-state index in [1.807, 2.05) is 0 Å². The second kappa shape index (κ2) is 6.83. The third-order valence-electron chi connectivity index (χ3n) is 3.70. The normalized spacial score (nSPS) is 13.9. The summed E-state index contributed by atoms with van der Waals surface area (Å²) in [6, 6.07) is 7.00. The molecule has 0 radical (unpaired) electrons. The van der Waals surface area contributed by atoms with E-state index in [4.69, 9.17) is 11.6 Å². The molecule has 21 heavy (non-hydrogen) atoms. The van der Waals surface area contributed by atoms with E-state index in [1.54, 1.807) is 24.3 Å². The topological polar surface area (TPSA) is 29.1 Å². The second-order valence-corrected chi connectivity index (χ2v) is 8.48. The fourth-order valence-electron chi connectivity index (χ4n) is 2.34.